The van der Waals surface area contributed by atoms with E-state index in [4.69, 9.17) is 51.7 Å². The number of nitrogens with zero attached hydrogens (tertiary/aromatic N) is 3. The number of alkyl halides is 3. The zero-order valence-corrected chi connectivity index (χ0v) is 8.95. The van der Waals surface area contributed by atoms with Gasteiger partial charge in [-0.25, -0.2) is 9.97 Å². The summed E-state index contributed by atoms with van der Waals surface area (Å²) in [4.78, 5) is 7.32. The van der Waals surface area contributed by atoms with Crippen molar-refractivity contribution in [3.05, 3.63) is 22.7 Å². The molecule has 68 valence electrons. The topological polar surface area (TPSA) is 49.6 Å². The zero-order chi connectivity index (χ0) is 10.1. The minimum absolute atomic E-state index is 0.0289. The maximum atomic E-state index is 8.50. The van der Waals surface area contributed by atoms with E-state index >= 15 is 0 Å². The molecular formula is C6HCl4N3. The summed E-state index contributed by atoms with van der Waals surface area (Å²) in [6.07, 6.45) is 1.20. The van der Waals surface area contributed by atoms with E-state index < -0.39 is 3.79 Å². The number of nitriles is 1. The Labute approximate surface area is 94.2 Å². The summed E-state index contributed by atoms with van der Waals surface area (Å²) in [6, 6.07) is 1.79. The van der Waals surface area contributed by atoms with Crippen molar-refractivity contribution in [2.45, 2.75) is 3.79 Å². The monoisotopic (exact) mass is 255 g/mol. The number of rotatable bonds is 0. The number of hydrogen-bond acceptors (Lipinski definition) is 3. The van der Waals surface area contributed by atoms with Crippen molar-refractivity contribution < 1.29 is 0 Å². The molecule has 1 rings (SSSR count). The first-order valence-electron chi connectivity index (χ1n) is 2.95. The highest BCUT2D eigenvalue weighted by Crippen LogP contribution is 2.36. The predicted molar refractivity (Wildman–Crippen MR) is 51.0 cm³/mol. The highest BCUT2D eigenvalue weighted by molar-refractivity contribution is 6.66. The maximum Gasteiger partial charge on any atom is 0.250 e. The predicted octanol–water partition coefficient (Wildman–Crippen LogP) is 2.83. The van der Waals surface area contributed by atoms with Crippen LogP contribution in [0.1, 0.15) is 11.4 Å². The smallest absolute Gasteiger partial charge is 0.236 e. The van der Waals surface area contributed by atoms with Gasteiger partial charge in [0.15, 0.2) is 11.0 Å². The molecule has 0 N–H and O–H groups in total. The molecule has 0 amide bonds. The Morgan fingerprint density at radius 3 is 2.38 bits per heavy atom. The van der Waals surface area contributed by atoms with Gasteiger partial charge in [0.1, 0.15) is 11.6 Å². The number of aromatic nitrogens is 2. The molecule has 1 heterocycles. The molecule has 13 heavy (non-hydrogen) atoms. The summed E-state index contributed by atoms with van der Waals surface area (Å²) in [7, 11) is 0. The molecule has 0 aliphatic heterocycles. The summed E-state index contributed by atoms with van der Waals surface area (Å²) >= 11 is 22.1. The molecule has 1 aromatic heterocycles. The Morgan fingerprint density at radius 1 is 1.38 bits per heavy atom. The van der Waals surface area contributed by atoms with Gasteiger partial charge in [-0.1, -0.05) is 46.4 Å². The standard InChI is InChI=1S/C6HCl4N3/c7-4-3(1-11)2-12-5(13-4)6(8,9)10/h2H. The average Bonchev–Trinajstić information content (AvgIpc) is 2.02. The van der Waals surface area contributed by atoms with E-state index in [1.807, 2.05) is 0 Å². The summed E-state index contributed by atoms with van der Waals surface area (Å²) in [5, 5.41) is 8.47. The van der Waals surface area contributed by atoms with Gasteiger partial charge in [0.25, 0.3) is 0 Å². The lowest BCUT2D eigenvalue weighted by atomic mass is 10.4. The molecule has 0 saturated carbocycles. The molecule has 7 heteroatoms. The average molecular weight is 257 g/mol. The van der Waals surface area contributed by atoms with E-state index in [0.29, 0.717) is 0 Å². The summed E-state index contributed by atoms with van der Waals surface area (Å²) in [5.74, 6) is -0.0542. The molecule has 0 aliphatic rings. The van der Waals surface area contributed by atoms with Crippen molar-refractivity contribution >= 4 is 46.4 Å². The van der Waals surface area contributed by atoms with Gasteiger partial charge in [0.2, 0.25) is 3.79 Å². The van der Waals surface area contributed by atoms with Crippen LogP contribution in [0.15, 0.2) is 6.20 Å². The van der Waals surface area contributed by atoms with E-state index in [0.717, 1.165) is 0 Å². The van der Waals surface area contributed by atoms with E-state index in [-0.39, 0.29) is 16.5 Å². The fraction of sp³-hybridized carbons (Fsp3) is 0.167. The lowest BCUT2D eigenvalue weighted by Crippen LogP contribution is -2.07. The van der Waals surface area contributed by atoms with Gasteiger partial charge in [0.05, 0.1) is 6.20 Å². The summed E-state index contributed by atoms with van der Waals surface area (Å²) in [6.45, 7) is 0. The van der Waals surface area contributed by atoms with Crippen molar-refractivity contribution in [1.29, 1.82) is 5.26 Å². The Bertz CT molecular complexity index is 365. The van der Waals surface area contributed by atoms with E-state index in [2.05, 4.69) is 9.97 Å². The normalized spacial score (nSPS) is 11.0. The number of halogens is 4. The quantitative estimate of drug-likeness (QED) is 0.530. The molecular weight excluding hydrogens is 256 g/mol. The maximum absolute atomic E-state index is 8.50. The van der Waals surface area contributed by atoms with Gasteiger partial charge in [0, 0.05) is 0 Å². The van der Waals surface area contributed by atoms with Gasteiger partial charge in [-0.05, 0) is 0 Å². The SMILES string of the molecule is N#Cc1cnc(C(Cl)(Cl)Cl)nc1Cl. The van der Waals surface area contributed by atoms with Crippen LogP contribution in [-0.2, 0) is 3.79 Å². The zero-order valence-electron chi connectivity index (χ0n) is 5.93. The third kappa shape index (κ3) is 2.58. The first-order chi connectivity index (χ1) is 5.95. The Morgan fingerprint density at radius 2 is 2.00 bits per heavy atom. The molecule has 0 radical (unpaired) electrons. The Kier molecular flexibility index (Phi) is 3.20. The van der Waals surface area contributed by atoms with Crippen LogP contribution in [0.5, 0.6) is 0 Å². The minimum atomic E-state index is -1.72. The second kappa shape index (κ2) is 3.85. The third-order valence-corrected chi connectivity index (χ3v) is 1.91. The van der Waals surface area contributed by atoms with Crippen LogP contribution < -0.4 is 0 Å². The second-order valence-corrected chi connectivity index (χ2v) is 4.65. The highest BCUT2D eigenvalue weighted by Gasteiger charge is 2.27. The van der Waals surface area contributed by atoms with Gasteiger partial charge < -0.3 is 0 Å². The first kappa shape index (κ1) is 10.8. The largest absolute Gasteiger partial charge is 0.250 e. The van der Waals surface area contributed by atoms with Gasteiger partial charge in [-0.15, -0.1) is 0 Å². The molecule has 1 aromatic rings. The highest BCUT2D eigenvalue weighted by atomic mass is 35.6. The summed E-state index contributed by atoms with van der Waals surface area (Å²) in [5.41, 5.74) is 0.139. The fourth-order valence-corrected chi connectivity index (χ4v) is 1.02. The van der Waals surface area contributed by atoms with Crippen molar-refractivity contribution in [3.63, 3.8) is 0 Å². The Balaban J connectivity index is 3.20. The lowest BCUT2D eigenvalue weighted by molar-refractivity contribution is 0.964. The van der Waals surface area contributed by atoms with E-state index in [1.165, 1.54) is 6.20 Å². The van der Waals surface area contributed by atoms with Crippen molar-refractivity contribution in [3.8, 4) is 6.07 Å². The molecule has 3 nitrogen and oxygen atoms in total. The van der Waals surface area contributed by atoms with Crippen LogP contribution in [0.2, 0.25) is 5.15 Å². The van der Waals surface area contributed by atoms with Crippen molar-refractivity contribution in [1.82, 2.24) is 9.97 Å². The van der Waals surface area contributed by atoms with Gasteiger partial charge >= 0.3 is 0 Å². The van der Waals surface area contributed by atoms with E-state index in [9.17, 15) is 0 Å². The van der Waals surface area contributed by atoms with Crippen LogP contribution in [-0.4, -0.2) is 9.97 Å². The van der Waals surface area contributed by atoms with E-state index in [1.54, 1.807) is 6.07 Å². The molecule has 0 bridgehead atoms. The Hall–Kier alpha value is -0.270. The molecule has 0 aromatic carbocycles. The van der Waals surface area contributed by atoms with Crippen LogP contribution >= 0.6 is 46.4 Å². The van der Waals surface area contributed by atoms with Gasteiger partial charge in [-0.2, -0.15) is 5.26 Å². The second-order valence-electron chi connectivity index (χ2n) is 2.01. The van der Waals surface area contributed by atoms with Gasteiger partial charge in [-0.3, -0.25) is 0 Å². The third-order valence-electron chi connectivity index (χ3n) is 1.12. The minimum Gasteiger partial charge on any atom is -0.236 e. The first-order valence-corrected chi connectivity index (χ1v) is 4.46. The van der Waals surface area contributed by atoms with Crippen molar-refractivity contribution in [2.24, 2.45) is 0 Å². The molecule has 0 unspecified atom stereocenters. The lowest BCUT2D eigenvalue weighted by Gasteiger charge is -2.08. The molecule has 0 aliphatic carbocycles. The summed E-state index contributed by atoms with van der Waals surface area (Å²) < 4.78 is -1.72. The van der Waals surface area contributed by atoms with Crippen LogP contribution in [0.4, 0.5) is 0 Å². The van der Waals surface area contributed by atoms with Crippen molar-refractivity contribution in [2.75, 3.05) is 0 Å². The number of hydrogen-bond donors (Lipinski definition) is 0. The van der Waals surface area contributed by atoms with Crippen LogP contribution in [0.25, 0.3) is 0 Å². The van der Waals surface area contributed by atoms with Crippen LogP contribution in [0.3, 0.4) is 0 Å². The molecule has 0 atom stereocenters. The molecule has 0 spiro atoms. The fourth-order valence-electron chi connectivity index (χ4n) is 0.573. The molecule has 0 fully saturated rings. The molecule has 0 saturated heterocycles. The van der Waals surface area contributed by atoms with Crippen LogP contribution in [0, 0.1) is 11.3 Å².